The first-order chi connectivity index (χ1) is 31.2. The second-order valence-electron chi connectivity index (χ2n) is 19.1. The summed E-state index contributed by atoms with van der Waals surface area (Å²) in [6.45, 7) is 17.3. The van der Waals surface area contributed by atoms with Gasteiger partial charge in [0, 0.05) is 98.9 Å². The van der Waals surface area contributed by atoms with Crippen LogP contribution in [0.4, 0.5) is 4.79 Å². The quantitative estimate of drug-likeness (QED) is 0.221. The lowest BCUT2D eigenvalue weighted by molar-refractivity contribution is -0.155. The topological polar surface area (TPSA) is 164 Å². The molecule has 4 amide bonds. The third-order valence-corrected chi connectivity index (χ3v) is 14.4. The van der Waals surface area contributed by atoms with E-state index < -0.39 is 41.3 Å². The van der Waals surface area contributed by atoms with Crippen molar-refractivity contribution in [2.45, 2.75) is 104 Å². The number of methoxy groups -OCH3 is 1. The zero-order valence-corrected chi connectivity index (χ0v) is 39.9. The average Bonchev–Trinajstić information content (AvgIpc) is 3.90. The van der Waals surface area contributed by atoms with E-state index in [1.165, 1.54) is 21.2 Å². The zero-order valence-electron chi connectivity index (χ0n) is 39.1. The molecule has 16 nitrogen and oxygen atoms in total. The molecule has 5 atom stereocenters. The number of amides is 4. The number of hydrogen-bond donors (Lipinski definition) is 2. The van der Waals surface area contributed by atoms with Crippen LogP contribution in [0, 0.1) is 11.3 Å². The Morgan fingerprint density at radius 2 is 1.94 bits per heavy atom. The number of likely N-dealkylation sites (N-methyl/N-ethyl adjacent to an activating group) is 1. The molecule has 4 aliphatic rings. The first-order valence-electron chi connectivity index (χ1n) is 23.1. The lowest BCUT2D eigenvalue weighted by atomic mass is 9.84. The molecule has 0 aliphatic carbocycles. The van der Waals surface area contributed by atoms with Gasteiger partial charge >= 0.3 is 12.0 Å². The van der Waals surface area contributed by atoms with E-state index in [0.717, 1.165) is 57.8 Å². The van der Waals surface area contributed by atoms with Crippen LogP contribution in [0.5, 0.6) is 0 Å². The molecule has 3 aromatic heterocycles. The number of nitrogens with zero attached hydrogens (tertiary/aromatic N) is 7. The normalized spacial score (nSPS) is 22.8. The standard InChI is InChI=1S/C48H65N9O7S/c1-9-56-39-15-14-31-22-34(39)35(43(56)33-12-10-16-49-41(33)30(4)62-8)24-48(5,6)28-64-46(60)36-13-11-17-57(52-36)45(59)37(23-40-50-38(31)27-65-40)51-44(58)42(29(2)3)53(7)47(61)55-19-18-54-20-21-63-26-32(54)25-55/h10,12,14-16,22,27,29-30,32,36-37,42,52H,9,11,13,17-21,23-26,28H2,1-8H3,(H,51,58)/t30-,32+,36-,37-,42?/m0/s1. The van der Waals surface area contributed by atoms with Crippen molar-refractivity contribution in [2.24, 2.45) is 11.3 Å². The molecule has 1 unspecified atom stereocenters. The number of ether oxygens (including phenoxy) is 3. The Morgan fingerprint density at radius 1 is 1.12 bits per heavy atom. The van der Waals surface area contributed by atoms with Gasteiger partial charge in [0.15, 0.2) is 0 Å². The summed E-state index contributed by atoms with van der Waals surface area (Å²) >= 11 is 1.43. The Balaban J connectivity index is 1.15. The molecule has 17 heteroatoms. The number of nitrogens with one attached hydrogen (secondary N) is 2. The first kappa shape index (κ1) is 46.6. The fraction of sp³-hybridized carbons (Fsp3) is 0.583. The molecule has 0 spiro atoms. The monoisotopic (exact) mass is 911 g/mol. The second kappa shape index (κ2) is 19.5. The molecule has 6 bridgehead atoms. The van der Waals surface area contributed by atoms with Crippen molar-refractivity contribution in [3.8, 4) is 22.5 Å². The van der Waals surface area contributed by atoms with Crippen LogP contribution in [-0.2, 0) is 48.0 Å². The minimum Gasteiger partial charge on any atom is -0.464 e. The number of aromatic nitrogens is 3. The molecule has 0 radical (unpaired) electrons. The smallest absolute Gasteiger partial charge is 0.324 e. The summed E-state index contributed by atoms with van der Waals surface area (Å²) in [6.07, 6.45) is 3.29. The fourth-order valence-corrected chi connectivity index (χ4v) is 10.9. The Hall–Kier alpha value is -4.94. The second-order valence-corrected chi connectivity index (χ2v) is 20.0. The lowest BCUT2D eigenvalue weighted by Gasteiger charge is -2.45. The largest absolute Gasteiger partial charge is 0.464 e. The summed E-state index contributed by atoms with van der Waals surface area (Å²) in [6, 6.07) is 7.67. The van der Waals surface area contributed by atoms with E-state index >= 15 is 0 Å². The fourth-order valence-electron chi connectivity index (χ4n) is 10.0. The van der Waals surface area contributed by atoms with Crippen LogP contribution in [0.2, 0.25) is 0 Å². The van der Waals surface area contributed by atoms with Gasteiger partial charge in [-0.15, -0.1) is 11.3 Å². The van der Waals surface area contributed by atoms with Gasteiger partial charge in [-0.1, -0.05) is 33.8 Å². The van der Waals surface area contributed by atoms with Crippen LogP contribution in [0.15, 0.2) is 41.9 Å². The van der Waals surface area contributed by atoms with E-state index in [-0.39, 0.29) is 37.1 Å². The molecule has 0 saturated carbocycles. The minimum absolute atomic E-state index is 0.105. The SMILES string of the molecule is CCn1c(-c2cccnc2[C@H](C)OC)c2c3cc(ccc31)-c1csc(n1)C[C@H](NC(=O)C(C(C)C)N(C)C(=O)N1CCN3CCOC[C@H]3C1)C(=O)N1CCC[C@H](N1)C(=O)OCC(C)(C)C2. The number of carbonyl (C=O) groups excluding carboxylic acids is 4. The van der Waals surface area contributed by atoms with Crippen molar-refractivity contribution in [3.63, 3.8) is 0 Å². The third kappa shape index (κ3) is 9.66. The Morgan fingerprint density at radius 3 is 2.71 bits per heavy atom. The van der Waals surface area contributed by atoms with Crippen molar-refractivity contribution >= 4 is 46.1 Å². The lowest BCUT2D eigenvalue weighted by Crippen LogP contribution is -2.64. The summed E-state index contributed by atoms with van der Waals surface area (Å²) in [7, 11) is 3.35. The molecule has 3 fully saturated rings. The van der Waals surface area contributed by atoms with Crippen LogP contribution in [0.3, 0.4) is 0 Å². The molecule has 4 aliphatic heterocycles. The van der Waals surface area contributed by atoms with Gasteiger partial charge in [0.25, 0.3) is 5.91 Å². The van der Waals surface area contributed by atoms with Crippen molar-refractivity contribution in [1.29, 1.82) is 0 Å². The van der Waals surface area contributed by atoms with E-state index in [2.05, 4.69) is 65.2 Å². The summed E-state index contributed by atoms with van der Waals surface area (Å²) in [5.41, 5.74) is 9.39. The van der Waals surface area contributed by atoms with E-state index in [1.807, 2.05) is 32.2 Å². The molecule has 3 saturated heterocycles. The minimum atomic E-state index is -1.05. The number of carbonyl (C=O) groups is 4. The van der Waals surface area contributed by atoms with Gasteiger partial charge in [-0.25, -0.2) is 15.2 Å². The van der Waals surface area contributed by atoms with Gasteiger partial charge < -0.3 is 33.9 Å². The number of cyclic esters (lactones) is 1. The zero-order chi connectivity index (χ0) is 46.2. The van der Waals surface area contributed by atoms with Crippen molar-refractivity contribution < 1.29 is 33.4 Å². The average molecular weight is 912 g/mol. The van der Waals surface area contributed by atoms with Gasteiger partial charge in [-0.2, -0.15) is 0 Å². The number of esters is 1. The van der Waals surface area contributed by atoms with Crippen LogP contribution < -0.4 is 10.7 Å². The van der Waals surface area contributed by atoms with Crippen LogP contribution in [0.25, 0.3) is 33.4 Å². The number of rotatable bonds is 8. The van der Waals surface area contributed by atoms with Crippen molar-refractivity contribution in [3.05, 3.63) is 58.2 Å². The number of benzene rings is 1. The van der Waals surface area contributed by atoms with E-state index in [0.29, 0.717) is 63.7 Å². The number of aryl methyl sites for hydroxylation is 1. The van der Waals surface area contributed by atoms with E-state index in [9.17, 15) is 19.2 Å². The molecule has 4 aromatic rings. The molecule has 7 heterocycles. The van der Waals surface area contributed by atoms with Crippen LogP contribution >= 0.6 is 11.3 Å². The number of hydrazine groups is 1. The summed E-state index contributed by atoms with van der Waals surface area (Å²) in [4.78, 5) is 72.7. The summed E-state index contributed by atoms with van der Waals surface area (Å²) in [5, 5.41) is 8.23. The first-order valence-corrected chi connectivity index (χ1v) is 24.0. The highest BCUT2D eigenvalue weighted by Crippen LogP contribution is 2.42. The summed E-state index contributed by atoms with van der Waals surface area (Å²) in [5.74, 6) is -1.54. The maximum absolute atomic E-state index is 14.7. The number of hydrogen-bond acceptors (Lipinski definition) is 12. The highest BCUT2D eigenvalue weighted by Gasteiger charge is 2.40. The van der Waals surface area contributed by atoms with Crippen LogP contribution in [-0.4, -0.2) is 149 Å². The van der Waals surface area contributed by atoms with Crippen LogP contribution in [0.1, 0.15) is 76.8 Å². The highest BCUT2D eigenvalue weighted by atomic mass is 32.1. The van der Waals surface area contributed by atoms with E-state index in [1.54, 1.807) is 25.3 Å². The predicted octanol–water partition coefficient (Wildman–Crippen LogP) is 5.30. The number of thiazole rings is 1. The van der Waals surface area contributed by atoms with Gasteiger partial charge in [0.05, 0.1) is 54.1 Å². The van der Waals surface area contributed by atoms with Gasteiger partial charge in [0.1, 0.15) is 18.1 Å². The Labute approximate surface area is 385 Å². The predicted molar refractivity (Wildman–Crippen MR) is 249 cm³/mol. The number of morpholine rings is 1. The van der Waals surface area contributed by atoms with Gasteiger partial charge in [0.2, 0.25) is 5.91 Å². The number of fused-ring (bicyclic) bond motifs is 7. The van der Waals surface area contributed by atoms with Crippen molar-refractivity contribution in [1.82, 2.24) is 45.0 Å². The number of urea groups is 1. The van der Waals surface area contributed by atoms with Gasteiger partial charge in [-0.3, -0.25) is 29.3 Å². The molecule has 2 N–H and O–H groups in total. The maximum Gasteiger partial charge on any atom is 0.324 e. The molecular formula is C48H65N9O7S. The Bertz CT molecular complexity index is 2400. The molecule has 65 heavy (non-hydrogen) atoms. The molecule has 8 rings (SSSR count). The number of piperazine rings is 1. The molecular weight excluding hydrogens is 847 g/mol. The maximum atomic E-state index is 14.7. The highest BCUT2D eigenvalue weighted by molar-refractivity contribution is 7.10. The summed E-state index contributed by atoms with van der Waals surface area (Å²) < 4.78 is 20.0. The third-order valence-electron chi connectivity index (χ3n) is 13.5. The molecule has 1 aromatic carbocycles. The van der Waals surface area contributed by atoms with Gasteiger partial charge in [-0.05, 0) is 68.9 Å². The number of pyridine rings is 1. The molecule has 350 valence electrons. The van der Waals surface area contributed by atoms with E-state index in [4.69, 9.17) is 24.2 Å². The van der Waals surface area contributed by atoms with Crippen molar-refractivity contribution in [2.75, 3.05) is 66.7 Å². The Kier molecular flexibility index (Phi) is 14.0.